The summed E-state index contributed by atoms with van der Waals surface area (Å²) in [5, 5.41) is 3.46. The lowest BCUT2D eigenvalue weighted by Crippen LogP contribution is -2.52. The fraction of sp³-hybridized carbons (Fsp3) is 0.364. The third-order valence-electron chi connectivity index (χ3n) is 4.18. The molecule has 2 amide bonds. The molecule has 6 heteroatoms. The maximum atomic E-state index is 13.2. The second-order valence-corrected chi connectivity index (χ2v) is 8.31. The summed E-state index contributed by atoms with van der Waals surface area (Å²) in [7, 11) is 0. The first-order valence-corrected chi connectivity index (χ1v) is 9.53. The zero-order valence-electron chi connectivity index (χ0n) is 16.6. The van der Waals surface area contributed by atoms with Crippen LogP contribution in [0, 0.1) is 5.82 Å². The smallest absolute Gasteiger partial charge is 0.242 e. The van der Waals surface area contributed by atoms with Gasteiger partial charge in [0, 0.05) is 17.1 Å². The number of rotatable bonds is 6. The lowest BCUT2D eigenvalue weighted by Gasteiger charge is -2.31. The van der Waals surface area contributed by atoms with Crippen molar-refractivity contribution in [1.82, 2.24) is 10.2 Å². The molecule has 2 aromatic carbocycles. The number of carbonyl (C=O) groups excluding carboxylic acids is 2. The molecule has 1 N–H and O–H groups in total. The summed E-state index contributed by atoms with van der Waals surface area (Å²) in [6.45, 7) is 7.56. The molecule has 0 bridgehead atoms. The summed E-state index contributed by atoms with van der Waals surface area (Å²) >= 11 is 6.01. The third kappa shape index (κ3) is 6.64. The summed E-state index contributed by atoms with van der Waals surface area (Å²) in [5.41, 5.74) is 1.10. The Balaban J connectivity index is 2.24. The van der Waals surface area contributed by atoms with Crippen molar-refractivity contribution in [1.29, 1.82) is 0 Å². The molecule has 2 rings (SSSR count). The quantitative estimate of drug-likeness (QED) is 0.777. The lowest BCUT2D eigenvalue weighted by molar-refractivity contribution is -0.140. The van der Waals surface area contributed by atoms with Gasteiger partial charge in [0.2, 0.25) is 11.8 Å². The van der Waals surface area contributed by atoms with Crippen molar-refractivity contribution >= 4 is 23.4 Å². The van der Waals surface area contributed by atoms with E-state index in [2.05, 4.69) is 5.32 Å². The Kier molecular flexibility index (Phi) is 7.19. The van der Waals surface area contributed by atoms with Crippen molar-refractivity contribution in [2.24, 2.45) is 0 Å². The predicted octanol–water partition coefficient (Wildman–Crippen LogP) is 4.35. The van der Waals surface area contributed by atoms with Crippen LogP contribution < -0.4 is 5.32 Å². The van der Waals surface area contributed by atoms with Gasteiger partial charge in [-0.25, -0.2) is 4.39 Å². The van der Waals surface area contributed by atoms with E-state index in [1.807, 2.05) is 26.8 Å². The molecule has 0 fully saturated rings. The van der Waals surface area contributed by atoms with Crippen molar-refractivity contribution in [2.75, 3.05) is 0 Å². The van der Waals surface area contributed by atoms with Crippen molar-refractivity contribution in [3.05, 3.63) is 70.5 Å². The molecular weight excluding hydrogens is 379 g/mol. The van der Waals surface area contributed by atoms with Gasteiger partial charge in [-0.15, -0.1) is 0 Å². The molecule has 0 aliphatic carbocycles. The van der Waals surface area contributed by atoms with Gasteiger partial charge in [0.1, 0.15) is 11.9 Å². The number of amides is 2. The van der Waals surface area contributed by atoms with E-state index < -0.39 is 11.6 Å². The molecule has 0 radical (unpaired) electrons. The normalized spacial score (nSPS) is 12.4. The largest absolute Gasteiger partial charge is 0.350 e. The molecule has 2 aromatic rings. The molecular formula is C22H26ClFN2O2. The van der Waals surface area contributed by atoms with E-state index in [1.54, 1.807) is 37.3 Å². The monoisotopic (exact) mass is 404 g/mol. The molecule has 0 aliphatic rings. The topological polar surface area (TPSA) is 49.4 Å². The van der Waals surface area contributed by atoms with Crippen molar-refractivity contribution in [3.8, 4) is 0 Å². The second-order valence-electron chi connectivity index (χ2n) is 7.87. The van der Waals surface area contributed by atoms with E-state index in [4.69, 9.17) is 11.6 Å². The van der Waals surface area contributed by atoms with Gasteiger partial charge in [0.25, 0.3) is 0 Å². The van der Waals surface area contributed by atoms with Gasteiger partial charge in [0.05, 0.1) is 6.42 Å². The molecule has 28 heavy (non-hydrogen) atoms. The van der Waals surface area contributed by atoms with Gasteiger partial charge in [-0.1, -0.05) is 35.9 Å². The minimum absolute atomic E-state index is 0.120. The standard InChI is InChI=1S/C22H26ClFN2O2/c1-15(21(28)25-22(2,3)4)26(14-16-8-10-19(24)11-9-16)20(27)13-17-6-5-7-18(23)12-17/h5-12,15H,13-14H2,1-4H3,(H,25,28). The minimum atomic E-state index is -0.684. The second kappa shape index (κ2) is 9.20. The summed E-state index contributed by atoms with van der Waals surface area (Å²) in [4.78, 5) is 27.2. The van der Waals surface area contributed by atoms with Crippen LogP contribution in [0.3, 0.4) is 0 Å². The molecule has 4 nitrogen and oxygen atoms in total. The summed E-state index contributed by atoms with van der Waals surface area (Å²) in [5.74, 6) is -0.795. The van der Waals surface area contributed by atoms with E-state index in [1.165, 1.54) is 17.0 Å². The zero-order valence-corrected chi connectivity index (χ0v) is 17.4. The third-order valence-corrected chi connectivity index (χ3v) is 4.41. The molecule has 0 saturated heterocycles. The Hall–Kier alpha value is -2.40. The highest BCUT2D eigenvalue weighted by Gasteiger charge is 2.28. The Morgan fingerprint density at radius 3 is 2.32 bits per heavy atom. The van der Waals surface area contributed by atoms with Crippen LogP contribution in [0.2, 0.25) is 5.02 Å². The fourth-order valence-electron chi connectivity index (χ4n) is 2.77. The fourth-order valence-corrected chi connectivity index (χ4v) is 2.98. The van der Waals surface area contributed by atoms with Gasteiger partial charge in [-0.05, 0) is 63.1 Å². The molecule has 0 saturated carbocycles. The van der Waals surface area contributed by atoms with Crippen LogP contribution in [0.25, 0.3) is 0 Å². The van der Waals surface area contributed by atoms with E-state index in [0.29, 0.717) is 5.02 Å². The van der Waals surface area contributed by atoms with Gasteiger partial charge < -0.3 is 10.2 Å². The number of hydrogen-bond donors (Lipinski definition) is 1. The lowest BCUT2D eigenvalue weighted by atomic mass is 10.1. The first-order chi connectivity index (χ1) is 13.0. The van der Waals surface area contributed by atoms with Gasteiger partial charge >= 0.3 is 0 Å². The van der Waals surface area contributed by atoms with Gasteiger partial charge in [-0.3, -0.25) is 9.59 Å². The summed E-state index contributed by atoms with van der Waals surface area (Å²) < 4.78 is 13.2. The maximum Gasteiger partial charge on any atom is 0.242 e. The highest BCUT2D eigenvalue weighted by atomic mass is 35.5. The summed E-state index contributed by atoms with van der Waals surface area (Å²) in [6, 6.07) is 12.3. The molecule has 150 valence electrons. The van der Waals surface area contributed by atoms with Crippen LogP contribution in [0.1, 0.15) is 38.8 Å². The number of nitrogens with one attached hydrogen (secondary N) is 1. The predicted molar refractivity (Wildman–Crippen MR) is 109 cm³/mol. The molecule has 1 unspecified atom stereocenters. The zero-order chi connectivity index (χ0) is 20.9. The first-order valence-electron chi connectivity index (χ1n) is 9.15. The van der Waals surface area contributed by atoms with Crippen LogP contribution in [0.15, 0.2) is 48.5 Å². The summed E-state index contributed by atoms with van der Waals surface area (Å²) in [6.07, 6.45) is 0.120. The Labute approximate surface area is 170 Å². The molecule has 0 aliphatic heterocycles. The van der Waals surface area contributed by atoms with Crippen molar-refractivity contribution in [2.45, 2.75) is 52.2 Å². The SMILES string of the molecule is CC(C(=O)NC(C)(C)C)N(Cc1ccc(F)cc1)C(=O)Cc1cccc(Cl)c1. The van der Waals surface area contributed by atoms with Gasteiger partial charge in [0.15, 0.2) is 0 Å². The van der Waals surface area contributed by atoms with Crippen LogP contribution >= 0.6 is 11.6 Å². The van der Waals surface area contributed by atoms with Crippen LogP contribution in [0.5, 0.6) is 0 Å². The van der Waals surface area contributed by atoms with Crippen LogP contribution in [-0.4, -0.2) is 28.3 Å². The minimum Gasteiger partial charge on any atom is -0.350 e. The maximum absolute atomic E-state index is 13.2. The number of halogens is 2. The van der Waals surface area contributed by atoms with Crippen LogP contribution in [-0.2, 0) is 22.6 Å². The van der Waals surface area contributed by atoms with Crippen molar-refractivity contribution in [3.63, 3.8) is 0 Å². The Morgan fingerprint density at radius 1 is 1.11 bits per heavy atom. The average Bonchev–Trinajstić information content (AvgIpc) is 2.59. The molecule has 0 aromatic heterocycles. The first kappa shape index (κ1) is 21.9. The molecule has 0 spiro atoms. The van der Waals surface area contributed by atoms with E-state index in [9.17, 15) is 14.0 Å². The van der Waals surface area contributed by atoms with E-state index in [-0.39, 0.29) is 30.6 Å². The number of carbonyl (C=O) groups is 2. The number of nitrogens with zero attached hydrogens (tertiary/aromatic N) is 1. The molecule has 0 heterocycles. The van der Waals surface area contributed by atoms with Gasteiger partial charge in [-0.2, -0.15) is 0 Å². The van der Waals surface area contributed by atoms with Crippen LogP contribution in [0.4, 0.5) is 4.39 Å². The highest BCUT2D eigenvalue weighted by molar-refractivity contribution is 6.30. The molecule has 1 atom stereocenters. The van der Waals surface area contributed by atoms with E-state index in [0.717, 1.165) is 11.1 Å². The number of hydrogen-bond acceptors (Lipinski definition) is 2. The van der Waals surface area contributed by atoms with E-state index >= 15 is 0 Å². The highest BCUT2D eigenvalue weighted by Crippen LogP contribution is 2.16. The Bertz CT molecular complexity index is 831. The Morgan fingerprint density at radius 2 is 1.75 bits per heavy atom. The average molecular weight is 405 g/mol. The number of benzene rings is 2. The van der Waals surface area contributed by atoms with Crippen molar-refractivity contribution < 1.29 is 14.0 Å².